The number of nitrogens with one attached hydrogen (secondary N) is 1. The Morgan fingerprint density at radius 1 is 1.08 bits per heavy atom. The SMILES string of the molecule is CCOc1ccc(-c2nc(-c3ccc4oc(C5(NC(=O)O)COC(C)(C)OC5)cc4c3)no2)cc1OC. The first kappa shape index (κ1) is 24.6. The molecule has 2 aromatic heterocycles. The maximum atomic E-state index is 11.6. The van der Waals surface area contributed by atoms with Gasteiger partial charge in [0.05, 0.1) is 26.9 Å². The first-order chi connectivity index (χ1) is 17.7. The molecule has 2 N–H and O–H groups in total. The van der Waals surface area contributed by atoms with E-state index in [1.165, 1.54) is 0 Å². The zero-order valence-corrected chi connectivity index (χ0v) is 20.9. The summed E-state index contributed by atoms with van der Waals surface area (Å²) in [4.78, 5) is 16.1. The molecule has 3 heterocycles. The lowest BCUT2D eigenvalue weighted by atomic mass is 9.96. The van der Waals surface area contributed by atoms with Crippen LogP contribution in [0.2, 0.25) is 0 Å². The summed E-state index contributed by atoms with van der Waals surface area (Å²) in [6, 6.07) is 12.6. The normalized spacial score (nSPS) is 16.4. The van der Waals surface area contributed by atoms with Crippen LogP contribution in [0.25, 0.3) is 33.8 Å². The summed E-state index contributed by atoms with van der Waals surface area (Å²) < 4.78 is 34.0. The maximum Gasteiger partial charge on any atom is 0.405 e. The first-order valence-corrected chi connectivity index (χ1v) is 11.7. The van der Waals surface area contributed by atoms with Gasteiger partial charge in [0.15, 0.2) is 17.3 Å². The van der Waals surface area contributed by atoms with E-state index in [2.05, 4.69) is 15.5 Å². The quantitative estimate of drug-likeness (QED) is 0.357. The van der Waals surface area contributed by atoms with Gasteiger partial charge < -0.3 is 38.3 Å². The van der Waals surface area contributed by atoms with Crippen molar-refractivity contribution < 1.29 is 37.8 Å². The van der Waals surface area contributed by atoms with Crippen LogP contribution in [-0.4, -0.2) is 54.1 Å². The third-order valence-corrected chi connectivity index (χ3v) is 6.06. The zero-order valence-electron chi connectivity index (χ0n) is 20.9. The molecule has 0 radical (unpaired) electrons. The molecule has 5 rings (SSSR count). The van der Waals surface area contributed by atoms with Crippen LogP contribution in [0.5, 0.6) is 11.5 Å². The Morgan fingerprint density at radius 2 is 1.84 bits per heavy atom. The van der Waals surface area contributed by atoms with Gasteiger partial charge in [0.25, 0.3) is 5.89 Å². The number of rotatable bonds is 7. The van der Waals surface area contributed by atoms with Gasteiger partial charge in [-0.15, -0.1) is 0 Å². The van der Waals surface area contributed by atoms with E-state index in [9.17, 15) is 9.90 Å². The number of aromatic nitrogens is 2. The Kier molecular flexibility index (Phi) is 6.26. The van der Waals surface area contributed by atoms with Crippen molar-refractivity contribution in [2.75, 3.05) is 26.9 Å². The van der Waals surface area contributed by atoms with Gasteiger partial charge in [-0.05, 0) is 63.2 Å². The number of ether oxygens (including phenoxy) is 4. The minimum absolute atomic E-state index is 0.0543. The van der Waals surface area contributed by atoms with E-state index >= 15 is 0 Å². The van der Waals surface area contributed by atoms with Crippen molar-refractivity contribution in [3.05, 3.63) is 48.2 Å². The van der Waals surface area contributed by atoms with Crippen molar-refractivity contribution >= 4 is 17.1 Å². The van der Waals surface area contributed by atoms with Crippen molar-refractivity contribution in [2.24, 2.45) is 0 Å². The van der Waals surface area contributed by atoms with Gasteiger partial charge >= 0.3 is 6.09 Å². The van der Waals surface area contributed by atoms with Gasteiger partial charge in [-0.2, -0.15) is 4.98 Å². The predicted molar refractivity (Wildman–Crippen MR) is 131 cm³/mol. The summed E-state index contributed by atoms with van der Waals surface area (Å²) >= 11 is 0. The van der Waals surface area contributed by atoms with Crippen LogP contribution in [0, 0.1) is 0 Å². The highest BCUT2D eigenvalue weighted by atomic mass is 16.7. The van der Waals surface area contributed by atoms with Crippen LogP contribution in [0.1, 0.15) is 26.5 Å². The number of carboxylic acid groups (broad SMARTS) is 1. The number of furan rings is 1. The second-order valence-corrected chi connectivity index (χ2v) is 9.07. The third-order valence-electron chi connectivity index (χ3n) is 6.06. The van der Waals surface area contributed by atoms with E-state index in [0.717, 1.165) is 5.39 Å². The topological polar surface area (TPSA) is 138 Å². The zero-order chi connectivity index (χ0) is 26.2. The molecule has 0 saturated carbocycles. The monoisotopic (exact) mass is 509 g/mol. The van der Waals surface area contributed by atoms with Crippen LogP contribution in [0.15, 0.2) is 51.4 Å². The Morgan fingerprint density at radius 3 is 2.54 bits per heavy atom. The van der Waals surface area contributed by atoms with Crippen molar-refractivity contribution in [3.8, 4) is 34.3 Å². The van der Waals surface area contributed by atoms with Crippen molar-refractivity contribution in [2.45, 2.75) is 32.1 Å². The average molecular weight is 510 g/mol. The molecule has 0 spiro atoms. The predicted octanol–water partition coefficient (Wildman–Crippen LogP) is 4.80. The van der Waals surface area contributed by atoms with E-state index in [4.69, 9.17) is 27.9 Å². The highest BCUT2D eigenvalue weighted by molar-refractivity contribution is 5.83. The number of methoxy groups -OCH3 is 1. The van der Waals surface area contributed by atoms with Gasteiger partial charge in [0.2, 0.25) is 5.82 Å². The number of hydrogen-bond acceptors (Lipinski definition) is 9. The third kappa shape index (κ3) is 4.83. The second kappa shape index (κ2) is 9.41. The van der Waals surface area contributed by atoms with Crippen LogP contribution >= 0.6 is 0 Å². The lowest BCUT2D eigenvalue weighted by Gasteiger charge is -2.41. The molecule has 1 saturated heterocycles. The molecular formula is C26H27N3O8. The lowest BCUT2D eigenvalue weighted by molar-refractivity contribution is -0.274. The first-order valence-electron chi connectivity index (χ1n) is 11.7. The molecular weight excluding hydrogens is 482 g/mol. The minimum Gasteiger partial charge on any atom is -0.493 e. The Balaban J connectivity index is 1.45. The van der Waals surface area contributed by atoms with Gasteiger partial charge in [0, 0.05) is 16.5 Å². The van der Waals surface area contributed by atoms with Crippen LogP contribution in [0.3, 0.4) is 0 Å². The van der Waals surface area contributed by atoms with Crippen LogP contribution in [0.4, 0.5) is 4.79 Å². The number of fused-ring (bicyclic) bond motifs is 1. The number of benzene rings is 2. The molecule has 4 aromatic rings. The van der Waals surface area contributed by atoms with E-state index in [1.807, 2.05) is 19.1 Å². The van der Waals surface area contributed by atoms with E-state index in [-0.39, 0.29) is 13.2 Å². The molecule has 0 aliphatic carbocycles. The molecule has 1 fully saturated rings. The fourth-order valence-corrected chi connectivity index (χ4v) is 4.11. The number of hydrogen-bond donors (Lipinski definition) is 2. The second-order valence-electron chi connectivity index (χ2n) is 9.07. The lowest BCUT2D eigenvalue weighted by Crippen LogP contribution is -2.58. The molecule has 0 bridgehead atoms. The fourth-order valence-electron chi connectivity index (χ4n) is 4.11. The average Bonchev–Trinajstić information content (AvgIpc) is 3.53. The molecule has 0 atom stereocenters. The summed E-state index contributed by atoms with van der Waals surface area (Å²) in [6.07, 6.45) is -1.21. The van der Waals surface area contributed by atoms with Gasteiger partial charge in [-0.25, -0.2) is 4.79 Å². The van der Waals surface area contributed by atoms with E-state index < -0.39 is 17.4 Å². The molecule has 1 aliphatic rings. The number of carbonyl (C=O) groups is 1. The number of amides is 1. The molecule has 1 amide bonds. The summed E-state index contributed by atoms with van der Waals surface area (Å²) in [6.45, 7) is 6.06. The molecule has 2 aromatic carbocycles. The van der Waals surface area contributed by atoms with E-state index in [1.54, 1.807) is 51.3 Å². The molecule has 11 heteroatoms. The molecule has 1 aliphatic heterocycles. The van der Waals surface area contributed by atoms with Crippen molar-refractivity contribution in [1.82, 2.24) is 15.5 Å². The number of nitrogens with zero attached hydrogens (tertiary/aromatic N) is 2. The summed E-state index contributed by atoms with van der Waals surface area (Å²) in [5, 5.41) is 16.8. The summed E-state index contributed by atoms with van der Waals surface area (Å²) in [5.74, 6) is 1.46. The van der Waals surface area contributed by atoms with Crippen LogP contribution < -0.4 is 14.8 Å². The Bertz CT molecular complexity index is 1430. The highest BCUT2D eigenvalue weighted by Crippen LogP contribution is 2.36. The smallest absolute Gasteiger partial charge is 0.405 e. The summed E-state index contributed by atoms with van der Waals surface area (Å²) in [7, 11) is 1.57. The Hall–Kier alpha value is -4.09. The molecule has 194 valence electrons. The standard InChI is InChI=1S/C26H27N3O8/c1-5-33-19-9-7-16(11-20(19)32-4)23-27-22(29-37-23)15-6-8-18-17(10-15)12-21(36-18)26(28-24(30)31)13-34-25(2,3)35-14-26/h6-12,28H,5,13-14H2,1-4H3,(H,30,31). The van der Waals surface area contributed by atoms with Gasteiger partial charge in [-0.1, -0.05) is 5.16 Å². The molecule has 0 unspecified atom stereocenters. The highest BCUT2D eigenvalue weighted by Gasteiger charge is 2.45. The van der Waals surface area contributed by atoms with Crippen LogP contribution in [-0.2, 0) is 15.0 Å². The van der Waals surface area contributed by atoms with Gasteiger partial charge in [0.1, 0.15) is 16.9 Å². The minimum atomic E-state index is -1.21. The fraction of sp³-hybridized carbons (Fsp3) is 0.346. The maximum absolute atomic E-state index is 11.6. The molecule has 37 heavy (non-hydrogen) atoms. The summed E-state index contributed by atoms with van der Waals surface area (Å²) in [5.41, 5.74) is 0.764. The molecule has 11 nitrogen and oxygen atoms in total. The Labute approximate surface area is 212 Å². The van der Waals surface area contributed by atoms with E-state index in [0.29, 0.717) is 52.3 Å². The van der Waals surface area contributed by atoms with Crippen molar-refractivity contribution in [3.63, 3.8) is 0 Å². The largest absolute Gasteiger partial charge is 0.493 e. The van der Waals surface area contributed by atoms with Crippen molar-refractivity contribution in [1.29, 1.82) is 0 Å². The van der Waals surface area contributed by atoms with Gasteiger partial charge in [-0.3, -0.25) is 0 Å².